The number of anilines is 2. The molecule has 0 aromatic heterocycles. The van der Waals surface area contributed by atoms with E-state index in [1.165, 1.54) is 6.92 Å². The van der Waals surface area contributed by atoms with Crippen molar-refractivity contribution in [3.8, 4) is 5.75 Å². The van der Waals surface area contributed by atoms with Gasteiger partial charge in [-0.15, -0.1) is 0 Å². The van der Waals surface area contributed by atoms with Crippen LogP contribution in [0.2, 0.25) is 0 Å². The molecule has 7 heteroatoms. The standard InChI is InChI=1S/C20H16Br2N2O3/c1-12(25)23-16-8-7-14(21)10-17(16)24-19(26)11-27-18-9-6-13-4-2-3-5-15(13)20(18)22/h2-10H,11H2,1H3,(H,23,25)(H,24,26). The van der Waals surface area contributed by atoms with Crippen molar-refractivity contribution < 1.29 is 14.3 Å². The fraction of sp³-hybridized carbons (Fsp3) is 0.100. The van der Waals surface area contributed by atoms with Gasteiger partial charge in [0.25, 0.3) is 5.91 Å². The van der Waals surface area contributed by atoms with Crippen molar-refractivity contribution in [1.82, 2.24) is 0 Å². The molecule has 0 saturated heterocycles. The van der Waals surface area contributed by atoms with Gasteiger partial charge in [-0.05, 0) is 51.0 Å². The minimum absolute atomic E-state index is 0.164. The van der Waals surface area contributed by atoms with Gasteiger partial charge in [-0.25, -0.2) is 0 Å². The Morgan fingerprint density at radius 2 is 1.74 bits per heavy atom. The van der Waals surface area contributed by atoms with E-state index >= 15 is 0 Å². The molecule has 0 heterocycles. The van der Waals surface area contributed by atoms with Gasteiger partial charge >= 0.3 is 0 Å². The molecule has 0 unspecified atom stereocenters. The van der Waals surface area contributed by atoms with Crippen LogP contribution in [0.3, 0.4) is 0 Å². The van der Waals surface area contributed by atoms with Crippen LogP contribution in [-0.4, -0.2) is 18.4 Å². The molecule has 0 aliphatic rings. The number of carbonyl (C=O) groups excluding carboxylic acids is 2. The van der Waals surface area contributed by atoms with E-state index in [2.05, 4.69) is 42.5 Å². The number of amides is 2. The summed E-state index contributed by atoms with van der Waals surface area (Å²) in [5, 5.41) is 7.53. The van der Waals surface area contributed by atoms with E-state index in [0.717, 1.165) is 19.7 Å². The normalized spacial score (nSPS) is 10.5. The number of nitrogens with one attached hydrogen (secondary N) is 2. The van der Waals surface area contributed by atoms with Crippen LogP contribution in [0.15, 0.2) is 63.5 Å². The molecule has 0 aliphatic carbocycles. The lowest BCUT2D eigenvalue weighted by atomic mass is 10.1. The highest BCUT2D eigenvalue weighted by molar-refractivity contribution is 9.11. The number of carbonyl (C=O) groups is 2. The lowest BCUT2D eigenvalue weighted by Gasteiger charge is -2.13. The molecule has 27 heavy (non-hydrogen) atoms. The fourth-order valence-electron chi connectivity index (χ4n) is 2.57. The van der Waals surface area contributed by atoms with Crippen LogP contribution in [-0.2, 0) is 9.59 Å². The first-order valence-electron chi connectivity index (χ1n) is 8.11. The third-order valence-corrected chi connectivity index (χ3v) is 5.06. The summed E-state index contributed by atoms with van der Waals surface area (Å²) in [5.74, 6) is 0.0316. The molecule has 3 aromatic rings. The number of ether oxygens (including phenoxy) is 1. The Labute approximate surface area is 173 Å². The second-order valence-corrected chi connectivity index (χ2v) is 7.52. The zero-order valence-electron chi connectivity index (χ0n) is 14.4. The Morgan fingerprint density at radius 3 is 2.52 bits per heavy atom. The molecule has 138 valence electrons. The first-order chi connectivity index (χ1) is 12.9. The highest BCUT2D eigenvalue weighted by atomic mass is 79.9. The van der Waals surface area contributed by atoms with Gasteiger partial charge in [-0.1, -0.05) is 46.3 Å². The van der Waals surface area contributed by atoms with Gasteiger partial charge in [-0.3, -0.25) is 9.59 Å². The molecule has 0 atom stereocenters. The fourth-order valence-corrected chi connectivity index (χ4v) is 3.54. The van der Waals surface area contributed by atoms with Crippen molar-refractivity contribution in [2.24, 2.45) is 0 Å². The quantitative estimate of drug-likeness (QED) is 0.506. The highest BCUT2D eigenvalue weighted by Gasteiger charge is 2.11. The molecule has 3 aromatic carbocycles. The summed E-state index contributed by atoms with van der Waals surface area (Å²) in [6, 6.07) is 16.9. The van der Waals surface area contributed by atoms with Crippen LogP contribution >= 0.6 is 31.9 Å². The summed E-state index contributed by atoms with van der Waals surface area (Å²) < 4.78 is 7.26. The van der Waals surface area contributed by atoms with Crippen molar-refractivity contribution >= 4 is 65.8 Å². The maximum atomic E-state index is 12.3. The lowest BCUT2D eigenvalue weighted by Crippen LogP contribution is -2.21. The second kappa shape index (κ2) is 8.54. The van der Waals surface area contributed by atoms with E-state index in [-0.39, 0.29) is 18.4 Å². The number of benzene rings is 3. The van der Waals surface area contributed by atoms with E-state index < -0.39 is 0 Å². The Balaban J connectivity index is 1.71. The SMILES string of the molecule is CC(=O)Nc1ccc(Br)cc1NC(=O)COc1ccc2ccccc2c1Br. The Hall–Kier alpha value is -2.38. The average Bonchev–Trinajstić information content (AvgIpc) is 2.63. The summed E-state index contributed by atoms with van der Waals surface area (Å²) in [4.78, 5) is 23.7. The minimum Gasteiger partial charge on any atom is -0.483 e. The molecule has 5 nitrogen and oxygen atoms in total. The summed E-state index contributed by atoms with van der Waals surface area (Å²) >= 11 is 6.90. The Kier molecular flexibility index (Phi) is 6.13. The summed E-state index contributed by atoms with van der Waals surface area (Å²) in [6.45, 7) is 1.25. The molecule has 0 radical (unpaired) electrons. The van der Waals surface area contributed by atoms with Gasteiger partial charge < -0.3 is 15.4 Å². The van der Waals surface area contributed by atoms with Gasteiger partial charge in [0.2, 0.25) is 5.91 Å². The van der Waals surface area contributed by atoms with Crippen molar-refractivity contribution in [3.05, 3.63) is 63.5 Å². The van der Waals surface area contributed by atoms with Crippen LogP contribution in [0.5, 0.6) is 5.75 Å². The third-order valence-electron chi connectivity index (χ3n) is 3.75. The summed E-state index contributed by atoms with van der Waals surface area (Å²) in [5.41, 5.74) is 1.01. The first kappa shape index (κ1) is 19.4. The molecule has 0 fully saturated rings. The molecule has 0 spiro atoms. The average molecular weight is 492 g/mol. The molecule has 2 N–H and O–H groups in total. The van der Waals surface area contributed by atoms with E-state index in [1.807, 2.05) is 36.4 Å². The van der Waals surface area contributed by atoms with Gasteiger partial charge in [-0.2, -0.15) is 0 Å². The van der Waals surface area contributed by atoms with Crippen molar-refractivity contribution in [2.75, 3.05) is 17.2 Å². The van der Waals surface area contributed by atoms with Crippen LogP contribution in [0.4, 0.5) is 11.4 Å². The molecular formula is C20H16Br2N2O3. The molecule has 2 amide bonds. The Morgan fingerprint density at radius 1 is 0.963 bits per heavy atom. The van der Waals surface area contributed by atoms with E-state index in [9.17, 15) is 9.59 Å². The van der Waals surface area contributed by atoms with Gasteiger partial charge in [0.15, 0.2) is 6.61 Å². The number of fused-ring (bicyclic) bond motifs is 1. The zero-order valence-corrected chi connectivity index (χ0v) is 17.6. The first-order valence-corrected chi connectivity index (χ1v) is 9.69. The molecule has 3 rings (SSSR count). The van der Waals surface area contributed by atoms with Crippen LogP contribution in [0.1, 0.15) is 6.92 Å². The predicted molar refractivity (Wildman–Crippen MR) is 114 cm³/mol. The number of halogens is 2. The smallest absolute Gasteiger partial charge is 0.262 e. The molecule has 0 saturated carbocycles. The third kappa shape index (κ3) is 4.87. The van der Waals surface area contributed by atoms with Crippen LogP contribution in [0.25, 0.3) is 10.8 Å². The van der Waals surface area contributed by atoms with Crippen LogP contribution < -0.4 is 15.4 Å². The van der Waals surface area contributed by atoms with Crippen LogP contribution in [0, 0.1) is 0 Å². The summed E-state index contributed by atoms with van der Waals surface area (Å²) in [6.07, 6.45) is 0. The number of hydrogen-bond acceptors (Lipinski definition) is 3. The maximum absolute atomic E-state index is 12.3. The Bertz CT molecular complexity index is 1020. The largest absolute Gasteiger partial charge is 0.483 e. The van der Waals surface area contributed by atoms with E-state index in [0.29, 0.717) is 17.1 Å². The second-order valence-electron chi connectivity index (χ2n) is 5.81. The van der Waals surface area contributed by atoms with Gasteiger partial charge in [0.05, 0.1) is 15.8 Å². The monoisotopic (exact) mass is 490 g/mol. The predicted octanol–water partition coefficient (Wildman–Crippen LogP) is 5.34. The van der Waals surface area contributed by atoms with Crippen molar-refractivity contribution in [3.63, 3.8) is 0 Å². The minimum atomic E-state index is -0.334. The zero-order chi connectivity index (χ0) is 19.4. The topological polar surface area (TPSA) is 67.4 Å². The number of rotatable bonds is 5. The van der Waals surface area contributed by atoms with Gasteiger partial charge in [0.1, 0.15) is 5.75 Å². The van der Waals surface area contributed by atoms with E-state index in [1.54, 1.807) is 18.2 Å². The van der Waals surface area contributed by atoms with Crippen molar-refractivity contribution in [2.45, 2.75) is 6.92 Å². The highest BCUT2D eigenvalue weighted by Crippen LogP contribution is 2.33. The van der Waals surface area contributed by atoms with E-state index in [4.69, 9.17) is 4.74 Å². The molecular weight excluding hydrogens is 476 g/mol. The lowest BCUT2D eigenvalue weighted by molar-refractivity contribution is -0.118. The molecule has 0 bridgehead atoms. The van der Waals surface area contributed by atoms with Crippen molar-refractivity contribution in [1.29, 1.82) is 0 Å². The molecule has 0 aliphatic heterocycles. The van der Waals surface area contributed by atoms with Gasteiger partial charge in [0, 0.05) is 11.4 Å². The number of hydrogen-bond donors (Lipinski definition) is 2. The maximum Gasteiger partial charge on any atom is 0.262 e. The summed E-state index contributed by atoms with van der Waals surface area (Å²) in [7, 11) is 0.